The van der Waals surface area contributed by atoms with Crippen molar-refractivity contribution in [3.63, 3.8) is 0 Å². The Kier molecular flexibility index (Phi) is 4.31. The van der Waals surface area contributed by atoms with Gasteiger partial charge in [0.1, 0.15) is 0 Å². The van der Waals surface area contributed by atoms with E-state index in [4.69, 9.17) is 14.5 Å². The molecule has 0 aromatic carbocycles. The van der Waals surface area contributed by atoms with E-state index in [-0.39, 0.29) is 5.79 Å². The summed E-state index contributed by atoms with van der Waals surface area (Å²) in [5.41, 5.74) is 0. The van der Waals surface area contributed by atoms with Gasteiger partial charge in [-0.15, -0.1) is 5.10 Å². The lowest BCUT2D eigenvalue weighted by Crippen LogP contribution is -2.45. The zero-order valence-electron chi connectivity index (χ0n) is 13.6. The van der Waals surface area contributed by atoms with Crippen LogP contribution in [0.25, 0.3) is 0 Å². The summed E-state index contributed by atoms with van der Waals surface area (Å²) in [5, 5.41) is 8.46. The number of piperidine rings is 1. The van der Waals surface area contributed by atoms with E-state index in [0.717, 1.165) is 50.8 Å². The van der Waals surface area contributed by atoms with Gasteiger partial charge in [0.25, 0.3) is 0 Å². The van der Waals surface area contributed by atoms with Crippen LogP contribution in [0.2, 0.25) is 0 Å². The van der Waals surface area contributed by atoms with Gasteiger partial charge in [0.15, 0.2) is 11.6 Å². The van der Waals surface area contributed by atoms with Crippen LogP contribution in [-0.2, 0) is 9.47 Å². The molecule has 0 saturated carbocycles. The maximum Gasteiger partial charge on any atom is 0.247 e. The van der Waals surface area contributed by atoms with Crippen molar-refractivity contribution in [3.05, 3.63) is 6.20 Å². The summed E-state index contributed by atoms with van der Waals surface area (Å²) in [7, 11) is 0. The lowest BCUT2D eigenvalue weighted by Gasteiger charge is -2.38. The van der Waals surface area contributed by atoms with Gasteiger partial charge in [0.2, 0.25) is 5.95 Å². The van der Waals surface area contributed by atoms with Crippen molar-refractivity contribution in [2.75, 3.05) is 49.2 Å². The summed E-state index contributed by atoms with van der Waals surface area (Å²) < 4.78 is 11.6. The van der Waals surface area contributed by atoms with Gasteiger partial charge in [-0.2, -0.15) is 10.1 Å². The molecule has 7 heteroatoms. The van der Waals surface area contributed by atoms with Gasteiger partial charge < -0.3 is 19.3 Å². The topological polar surface area (TPSA) is 63.6 Å². The fraction of sp³-hybridized carbons (Fsp3) is 0.812. The van der Waals surface area contributed by atoms with Crippen LogP contribution in [-0.4, -0.2) is 60.4 Å². The Hall–Kier alpha value is -1.47. The molecular formula is C16H25N5O2. The van der Waals surface area contributed by atoms with Gasteiger partial charge in [0.05, 0.1) is 19.4 Å². The number of nitrogens with zero attached hydrogens (tertiary/aromatic N) is 5. The van der Waals surface area contributed by atoms with Crippen LogP contribution < -0.4 is 9.80 Å². The summed E-state index contributed by atoms with van der Waals surface area (Å²) >= 11 is 0. The third-order valence-electron chi connectivity index (χ3n) is 5.09. The van der Waals surface area contributed by atoms with Crippen molar-refractivity contribution in [2.45, 2.75) is 44.3 Å². The van der Waals surface area contributed by atoms with E-state index in [1.165, 1.54) is 25.7 Å². The average molecular weight is 319 g/mol. The molecular weight excluding hydrogens is 294 g/mol. The molecule has 3 aliphatic heterocycles. The van der Waals surface area contributed by atoms with E-state index in [1.54, 1.807) is 6.20 Å². The molecule has 0 bridgehead atoms. The first-order chi connectivity index (χ1) is 11.3. The molecule has 3 aliphatic rings. The number of ether oxygens (including phenoxy) is 2. The van der Waals surface area contributed by atoms with E-state index in [9.17, 15) is 0 Å². The molecule has 1 aromatic rings. The van der Waals surface area contributed by atoms with Crippen LogP contribution in [0, 0.1) is 0 Å². The predicted molar refractivity (Wildman–Crippen MR) is 86.6 cm³/mol. The first-order valence-corrected chi connectivity index (χ1v) is 8.82. The second-order valence-corrected chi connectivity index (χ2v) is 6.61. The standard InChI is InChI=1S/C16H25N5O2/c1-2-4-8-21(7-3-1)15-18-14(13-17-19-15)20-9-5-16(6-10-20)22-11-12-23-16/h13H,1-12H2. The second kappa shape index (κ2) is 6.57. The van der Waals surface area contributed by atoms with Gasteiger partial charge in [-0.05, 0) is 12.8 Å². The molecule has 1 spiro atoms. The number of aromatic nitrogens is 3. The van der Waals surface area contributed by atoms with Crippen LogP contribution in [0.1, 0.15) is 38.5 Å². The largest absolute Gasteiger partial charge is 0.355 e. The molecule has 1 aromatic heterocycles. The summed E-state index contributed by atoms with van der Waals surface area (Å²) in [6, 6.07) is 0. The second-order valence-electron chi connectivity index (χ2n) is 6.61. The van der Waals surface area contributed by atoms with Gasteiger partial charge in [0, 0.05) is 39.0 Å². The minimum atomic E-state index is -0.343. The van der Waals surface area contributed by atoms with Crippen molar-refractivity contribution < 1.29 is 9.47 Å². The Bertz CT molecular complexity index is 517. The van der Waals surface area contributed by atoms with Crippen LogP contribution in [0.15, 0.2) is 6.20 Å². The quantitative estimate of drug-likeness (QED) is 0.820. The molecule has 23 heavy (non-hydrogen) atoms. The van der Waals surface area contributed by atoms with Gasteiger partial charge >= 0.3 is 0 Å². The lowest BCUT2D eigenvalue weighted by molar-refractivity contribution is -0.169. The van der Waals surface area contributed by atoms with Crippen LogP contribution in [0.3, 0.4) is 0 Å². The molecule has 3 fully saturated rings. The highest BCUT2D eigenvalue weighted by Gasteiger charge is 2.40. The van der Waals surface area contributed by atoms with Crippen molar-refractivity contribution in [1.29, 1.82) is 0 Å². The van der Waals surface area contributed by atoms with Crippen molar-refractivity contribution in [1.82, 2.24) is 15.2 Å². The van der Waals surface area contributed by atoms with E-state index >= 15 is 0 Å². The maximum atomic E-state index is 5.79. The number of rotatable bonds is 2. The number of hydrogen-bond donors (Lipinski definition) is 0. The Morgan fingerprint density at radius 1 is 0.870 bits per heavy atom. The Morgan fingerprint density at radius 2 is 1.57 bits per heavy atom. The summed E-state index contributed by atoms with van der Waals surface area (Å²) in [4.78, 5) is 9.32. The van der Waals surface area contributed by atoms with Crippen molar-refractivity contribution >= 4 is 11.8 Å². The maximum absolute atomic E-state index is 5.79. The summed E-state index contributed by atoms with van der Waals surface area (Å²) in [6.07, 6.45) is 8.58. The minimum Gasteiger partial charge on any atom is -0.355 e. The van der Waals surface area contributed by atoms with Crippen molar-refractivity contribution in [2.24, 2.45) is 0 Å². The van der Waals surface area contributed by atoms with E-state index in [2.05, 4.69) is 20.0 Å². The smallest absolute Gasteiger partial charge is 0.247 e. The molecule has 7 nitrogen and oxygen atoms in total. The highest BCUT2D eigenvalue weighted by Crippen LogP contribution is 2.32. The van der Waals surface area contributed by atoms with E-state index < -0.39 is 0 Å². The number of hydrogen-bond acceptors (Lipinski definition) is 7. The molecule has 126 valence electrons. The average Bonchev–Trinajstić information content (AvgIpc) is 2.88. The molecule has 4 rings (SSSR count). The Labute approximate surface area is 137 Å². The first kappa shape index (κ1) is 15.1. The fourth-order valence-electron chi connectivity index (χ4n) is 3.71. The van der Waals surface area contributed by atoms with Crippen molar-refractivity contribution in [3.8, 4) is 0 Å². The third kappa shape index (κ3) is 3.26. The highest BCUT2D eigenvalue weighted by molar-refractivity contribution is 5.42. The Balaban J connectivity index is 1.44. The van der Waals surface area contributed by atoms with Crippen LogP contribution in [0.5, 0.6) is 0 Å². The predicted octanol–water partition coefficient (Wildman–Crippen LogP) is 1.60. The number of anilines is 2. The summed E-state index contributed by atoms with van der Waals surface area (Å²) in [6.45, 7) is 5.28. The lowest BCUT2D eigenvalue weighted by atomic mass is 10.0. The molecule has 0 aliphatic carbocycles. The van der Waals surface area contributed by atoms with E-state index in [0.29, 0.717) is 13.2 Å². The first-order valence-electron chi connectivity index (χ1n) is 8.82. The fourth-order valence-corrected chi connectivity index (χ4v) is 3.71. The SMILES string of the molecule is c1nnc(N2CCCCCC2)nc1N1CCC2(CC1)OCCO2. The normalized spacial score (nSPS) is 24.9. The molecule has 0 amide bonds. The molecule has 0 radical (unpaired) electrons. The summed E-state index contributed by atoms with van der Waals surface area (Å²) in [5.74, 6) is 1.36. The Morgan fingerprint density at radius 3 is 2.26 bits per heavy atom. The van der Waals surface area contributed by atoms with Gasteiger partial charge in [-0.1, -0.05) is 12.8 Å². The zero-order valence-corrected chi connectivity index (χ0v) is 13.6. The molecule has 0 atom stereocenters. The van der Waals surface area contributed by atoms with E-state index in [1.807, 2.05) is 0 Å². The van der Waals surface area contributed by atoms with Crippen LogP contribution >= 0.6 is 0 Å². The third-order valence-corrected chi connectivity index (χ3v) is 5.09. The van der Waals surface area contributed by atoms with Gasteiger partial charge in [-0.25, -0.2) is 0 Å². The molecule has 3 saturated heterocycles. The monoisotopic (exact) mass is 319 g/mol. The molecule has 0 N–H and O–H groups in total. The zero-order chi connectivity index (χ0) is 15.5. The van der Waals surface area contributed by atoms with Crippen LogP contribution in [0.4, 0.5) is 11.8 Å². The molecule has 0 unspecified atom stereocenters. The minimum absolute atomic E-state index is 0.343. The van der Waals surface area contributed by atoms with Gasteiger partial charge in [-0.3, -0.25) is 0 Å². The molecule has 4 heterocycles. The highest BCUT2D eigenvalue weighted by atomic mass is 16.7.